The van der Waals surface area contributed by atoms with Crippen molar-refractivity contribution in [1.29, 1.82) is 0 Å². The lowest BCUT2D eigenvalue weighted by molar-refractivity contribution is -0.349. The molecular weight excluding hydrogens is 913 g/mol. The molecular formula is C52H70O18. The molecule has 2 unspecified atom stereocenters. The summed E-state index contributed by atoms with van der Waals surface area (Å²) in [6, 6.07) is 5.09. The van der Waals surface area contributed by atoms with Gasteiger partial charge in [-0.3, -0.25) is 4.79 Å². The van der Waals surface area contributed by atoms with Gasteiger partial charge in [0.2, 0.25) is 0 Å². The molecule has 18 nitrogen and oxygen atoms in total. The van der Waals surface area contributed by atoms with Crippen LogP contribution in [0.1, 0.15) is 115 Å². The van der Waals surface area contributed by atoms with E-state index in [2.05, 4.69) is 0 Å². The first-order valence-electron chi connectivity index (χ1n) is 24.7. The van der Waals surface area contributed by atoms with Gasteiger partial charge in [-0.05, 0) is 96.1 Å². The van der Waals surface area contributed by atoms with E-state index < -0.39 is 143 Å². The van der Waals surface area contributed by atoms with Crippen molar-refractivity contribution in [1.82, 2.24) is 0 Å². The fourth-order valence-corrected chi connectivity index (χ4v) is 13.0. The van der Waals surface area contributed by atoms with Crippen LogP contribution in [0.4, 0.5) is 0 Å². The van der Waals surface area contributed by atoms with Crippen molar-refractivity contribution in [2.24, 2.45) is 34.5 Å². The summed E-state index contributed by atoms with van der Waals surface area (Å²) in [4.78, 5) is 55.4. The van der Waals surface area contributed by atoms with Crippen LogP contribution in [-0.4, -0.2) is 137 Å². The molecule has 0 radical (unpaired) electrons. The van der Waals surface area contributed by atoms with Gasteiger partial charge < -0.3 is 68.2 Å². The molecule has 18 atom stereocenters. The zero-order chi connectivity index (χ0) is 50.8. The highest BCUT2D eigenvalue weighted by molar-refractivity contribution is 5.95. The zero-order valence-corrected chi connectivity index (χ0v) is 41.5. The Morgan fingerprint density at radius 1 is 0.900 bits per heavy atom. The fourth-order valence-electron chi connectivity index (χ4n) is 13.0. The Hall–Kier alpha value is -4.40. The summed E-state index contributed by atoms with van der Waals surface area (Å²) in [5.41, 5.74) is -2.39. The third kappa shape index (κ3) is 8.77. The van der Waals surface area contributed by atoms with Crippen LogP contribution in [0.25, 0.3) is 0 Å². The van der Waals surface area contributed by atoms with E-state index in [1.165, 1.54) is 14.2 Å². The van der Waals surface area contributed by atoms with Crippen LogP contribution in [0, 0.1) is 41.4 Å². The predicted molar refractivity (Wildman–Crippen MR) is 246 cm³/mol. The van der Waals surface area contributed by atoms with E-state index in [4.69, 9.17) is 42.6 Å². The number of carboxylic acids is 1. The lowest BCUT2D eigenvalue weighted by Crippen LogP contribution is -2.63. The van der Waals surface area contributed by atoms with Crippen LogP contribution in [0.5, 0.6) is 5.75 Å². The van der Waals surface area contributed by atoms with Crippen molar-refractivity contribution >= 4 is 23.9 Å². The number of ether oxygens (including phenoxy) is 9. The van der Waals surface area contributed by atoms with E-state index in [1.807, 2.05) is 19.9 Å². The van der Waals surface area contributed by atoms with Gasteiger partial charge in [-0.25, -0.2) is 14.4 Å². The lowest BCUT2D eigenvalue weighted by Gasteiger charge is -2.54. The van der Waals surface area contributed by atoms with E-state index in [0.717, 1.165) is 5.57 Å². The van der Waals surface area contributed by atoms with Crippen molar-refractivity contribution in [3.8, 4) is 5.75 Å². The first-order valence-corrected chi connectivity index (χ1v) is 24.7. The minimum Gasteiger partial charge on any atom is -0.505 e. The summed E-state index contributed by atoms with van der Waals surface area (Å²) in [5.74, 6) is -6.71. The first-order chi connectivity index (χ1) is 33.1. The molecule has 1 saturated carbocycles. The van der Waals surface area contributed by atoms with Crippen molar-refractivity contribution in [3.63, 3.8) is 0 Å². The van der Waals surface area contributed by atoms with Crippen molar-refractivity contribution in [3.05, 3.63) is 64.1 Å². The summed E-state index contributed by atoms with van der Waals surface area (Å²) in [6.07, 6.45) is -5.78. The minimum atomic E-state index is -1.67. The molecule has 4 heterocycles. The molecule has 2 saturated heterocycles. The standard InChI is InChI=1S/C52H70O18/c1-10-28-22-52-44(56)43(47(60)70-52)69-49(61)51(7)31(15-11-12-19-50(52,6)23-30(28)45(57)58)25(3)20-29-32(51)17-18-33(53)41(29)68-48-38(55)42(66-36-21-34(54)39(63-9)26(4)64-36)40(27(5)65-48)67-46(59)37-24(2)14-13-16-35(37)62-8/h13-14,16,20,23,26-29,31-34,36,38-42,48,53-56H,10-12,15,17-19,21-22H2,1-9H3,(H,57,58)/t26-,27-,28-,29+,31-,32-,33+,34+,36+,38-,39-,40-,41?,42-,48+,50-,51-,52?/m1/s1. The second-order valence-electron chi connectivity index (χ2n) is 20.9. The molecule has 1 spiro atoms. The van der Waals surface area contributed by atoms with Crippen LogP contribution in [0.3, 0.4) is 0 Å². The SMILES string of the molecule is CC[C@@H]1CC23OC(=O)C(=C2O)OC(=O)[C@]2(C)[C@H](CCCC[C@]3(C)C=C1C(=O)O)C(C)=C[C@@H]1C(O[C@@H]3O[C@H](C)[C@@H](OC(=O)c4c(C)cccc4OC)[C@H](O[C@H]4C[C@H](O)[C@H](OC)[C@@H](C)O4)[C@H]3O)[C@@H](O)CC[C@H]12. The number of fused-ring (bicyclic) bond motifs is 3. The Bertz CT molecular complexity index is 2280. The zero-order valence-electron chi connectivity index (χ0n) is 41.5. The summed E-state index contributed by atoms with van der Waals surface area (Å²) < 4.78 is 54.8. The molecule has 4 aliphatic heterocycles. The maximum atomic E-state index is 15.1. The van der Waals surface area contributed by atoms with Gasteiger partial charge in [-0.1, -0.05) is 56.5 Å². The van der Waals surface area contributed by atoms with Gasteiger partial charge in [0.25, 0.3) is 5.76 Å². The number of allylic oxidation sites excluding steroid dienone is 1. The Morgan fingerprint density at radius 2 is 1.63 bits per heavy atom. The Labute approximate surface area is 408 Å². The average molecular weight is 983 g/mol. The van der Waals surface area contributed by atoms with Gasteiger partial charge in [0.05, 0.1) is 43.0 Å². The average Bonchev–Trinajstić information content (AvgIpc) is 3.54. The topological polar surface area (TPSA) is 252 Å². The second kappa shape index (κ2) is 19.9. The molecule has 0 aromatic heterocycles. The molecule has 386 valence electrons. The Balaban J connectivity index is 1.10. The lowest BCUT2D eigenvalue weighted by atomic mass is 9.52. The molecule has 5 N–H and O–H groups in total. The molecule has 8 rings (SSSR count). The number of benzene rings is 1. The molecule has 18 heteroatoms. The number of hydrogen-bond acceptors (Lipinski definition) is 17. The Kier molecular flexibility index (Phi) is 14.8. The van der Waals surface area contributed by atoms with E-state index in [9.17, 15) is 39.9 Å². The maximum Gasteiger partial charge on any atom is 0.379 e. The molecule has 7 aliphatic rings. The van der Waals surface area contributed by atoms with Crippen LogP contribution in [0.2, 0.25) is 0 Å². The summed E-state index contributed by atoms with van der Waals surface area (Å²) >= 11 is 0. The number of carbonyl (C=O) groups excluding carboxylic acids is 3. The molecule has 3 aliphatic carbocycles. The number of rotatable bonds is 10. The van der Waals surface area contributed by atoms with Crippen molar-refractivity contribution < 1.29 is 87.3 Å². The van der Waals surface area contributed by atoms with Gasteiger partial charge in [-0.15, -0.1) is 0 Å². The van der Waals surface area contributed by atoms with E-state index in [1.54, 1.807) is 58.9 Å². The molecule has 1 aromatic carbocycles. The highest BCUT2D eigenvalue weighted by atomic mass is 16.7. The van der Waals surface area contributed by atoms with Crippen LogP contribution in [-0.2, 0) is 52.3 Å². The normalized spacial score (nSPS) is 42.0. The number of esters is 3. The molecule has 2 bridgehead atoms. The van der Waals surface area contributed by atoms with Gasteiger partial charge >= 0.3 is 23.9 Å². The molecule has 0 amide bonds. The van der Waals surface area contributed by atoms with E-state index in [-0.39, 0.29) is 36.1 Å². The maximum absolute atomic E-state index is 15.1. The second-order valence-corrected chi connectivity index (χ2v) is 20.9. The van der Waals surface area contributed by atoms with E-state index in [0.29, 0.717) is 44.1 Å². The highest BCUT2D eigenvalue weighted by Gasteiger charge is 2.65. The largest absolute Gasteiger partial charge is 0.505 e. The number of methoxy groups -OCH3 is 2. The number of aryl methyl sites for hydroxylation is 1. The summed E-state index contributed by atoms with van der Waals surface area (Å²) in [5, 5.41) is 57.4. The van der Waals surface area contributed by atoms with E-state index >= 15 is 4.79 Å². The number of aliphatic carboxylic acids is 1. The predicted octanol–water partition coefficient (Wildman–Crippen LogP) is 5.52. The summed E-state index contributed by atoms with van der Waals surface area (Å²) in [7, 11) is 2.89. The molecule has 1 aromatic rings. The number of carbonyl (C=O) groups is 4. The molecule has 3 fully saturated rings. The van der Waals surface area contributed by atoms with Gasteiger partial charge in [0.1, 0.15) is 29.6 Å². The monoisotopic (exact) mass is 982 g/mol. The fraction of sp³-hybridized carbons (Fsp3) is 0.692. The quantitative estimate of drug-likeness (QED) is 0.110. The van der Waals surface area contributed by atoms with Crippen molar-refractivity contribution in [2.45, 2.75) is 179 Å². The Morgan fingerprint density at radius 3 is 2.30 bits per heavy atom. The third-order valence-corrected chi connectivity index (χ3v) is 16.9. The third-order valence-electron chi connectivity index (χ3n) is 16.9. The van der Waals surface area contributed by atoms with Crippen LogP contribution >= 0.6 is 0 Å². The van der Waals surface area contributed by atoms with Gasteiger partial charge in [0, 0.05) is 36.9 Å². The summed E-state index contributed by atoms with van der Waals surface area (Å²) in [6.45, 7) is 12.4. The number of aliphatic hydroxyl groups is 4. The highest BCUT2D eigenvalue weighted by Crippen LogP contribution is 2.60. The number of aliphatic hydroxyl groups excluding tert-OH is 4. The first kappa shape index (κ1) is 51.9. The number of hydrogen-bond donors (Lipinski definition) is 5. The van der Waals surface area contributed by atoms with Crippen molar-refractivity contribution in [2.75, 3.05) is 14.2 Å². The van der Waals surface area contributed by atoms with Gasteiger partial charge in [0.15, 0.2) is 30.0 Å². The minimum absolute atomic E-state index is 0.00658. The van der Waals surface area contributed by atoms with Gasteiger partial charge in [-0.2, -0.15) is 0 Å². The molecule has 70 heavy (non-hydrogen) atoms. The van der Waals surface area contributed by atoms with Crippen LogP contribution in [0.15, 0.2) is 53.0 Å². The smallest absolute Gasteiger partial charge is 0.379 e. The number of carboxylic acid groups (broad SMARTS) is 1. The van der Waals surface area contributed by atoms with Crippen LogP contribution < -0.4 is 4.74 Å².